The molecular formula is C25H23N3O4. The number of aromatic nitrogens is 2. The van der Waals surface area contributed by atoms with Crippen LogP contribution in [0.1, 0.15) is 17.9 Å². The van der Waals surface area contributed by atoms with Crippen LogP contribution in [0.25, 0.3) is 11.4 Å². The van der Waals surface area contributed by atoms with Crippen LogP contribution in [0.3, 0.4) is 0 Å². The summed E-state index contributed by atoms with van der Waals surface area (Å²) in [5.74, 6) is 2.18. The molecular weight excluding hydrogens is 406 g/mol. The fourth-order valence-electron chi connectivity index (χ4n) is 3.06. The van der Waals surface area contributed by atoms with Crippen molar-refractivity contribution in [2.75, 3.05) is 12.4 Å². The number of ether oxygens (including phenoxy) is 2. The zero-order valence-corrected chi connectivity index (χ0v) is 17.7. The number of amides is 1. The highest BCUT2D eigenvalue weighted by atomic mass is 16.5. The van der Waals surface area contributed by atoms with E-state index in [1.807, 2.05) is 78.9 Å². The summed E-state index contributed by atoms with van der Waals surface area (Å²) >= 11 is 0. The van der Waals surface area contributed by atoms with Crippen molar-refractivity contribution in [2.24, 2.45) is 0 Å². The summed E-state index contributed by atoms with van der Waals surface area (Å²) in [4.78, 5) is 16.7. The molecule has 7 nitrogen and oxygen atoms in total. The molecule has 0 saturated heterocycles. The second-order valence-corrected chi connectivity index (χ2v) is 7.09. The lowest BCUT2D eigenvalue weighted by molar-refractivity contribution is -0.116. The number of aryl methyl sites for hydroxylation is 1. The van der Waals surface area contributed by atoms with Gasteiger partial charge in [-0.25, -0.2) is 0 Å². The van der Waals surface area contributed by atoms with Crippen LogP contribution in [-0.2, 0) is 17.8 Å². The molecule has 1 amide bonds. The van der Waals surface area contributed by atoms with E-state index in [2.05, 4.69) is 15.5 Å². The van der Waals surface area contributed by atoms with E-state index < -0.39 is 0 Å². The summed E-state index contributed by atoms with van der Waals surface area (Å²) in [6.07, 6.45) is 0.576. The Bertz CT molecular complexity index is 1160. The van der Waals surface area contributed by atoms with Gasteiger partial charge in [-0.05, 0) is 42.0 Å². The first kappa shape index (κ1) is 21.1. The second kappa shape index (κ2) is 10.3. The number of anilines is 1. The van der Waals surface area contributed by atoms with Crippen LogP contribution in [0.5, 0.6) is 11.5 Å². The third-order valence-electron chi connectivity index (χ3n) is 4.75. The Labute approximate surface area is 186 Å². The number of carbonyl (C=O) groups excluding carboxylic acids is 1. The molecule has 162 valence electrons. The maximum atomic E-state index is 12.3. The SMILES string of the molecule is COc1cccc(-c2noc(CCC(=O)Nc3ccc(OCc4ccccc4)cc3)n2)c1. The van der Waals surface area contributed by atoms with Crippen LogP contribution in [0.4, 0.5) is 5.69 Å². The van der Waals surface area contributed by atoms with Gasteiger partial charge in [0, 0.05) is 24.1 Å². The van der Waals surface area contributed by atoms with Crippen molar-refractivity contribution in [2.45, 2.75) is 19.4 Å². The van der Waals surface area contributed by atoms with Crippen molar-refractivity contribution < 1.29 is 18.8 Å². The first-order valence-corrected chi connectivity index (χ1v) is 10.2. The van der Waals surface area contributed by atoms with E-state index in [1.165, 1.54) is 0 Å². The molecule has 1 N–H and O–H groups in total. The average molecular weight is 429 g/mol. The Kier molecular flexibility index (Phi) is 6.77. The Hall–Kier alpha value is -4.13. The molecule has 0 aliphatic carbocycles. The number of benzene rings is 3. The number of nitrogens with zero attached hydrogens (tertiary/aromatic N) is 2. The summed E-state index contributed by atoms with van der Waals surface area (Å²) in [5, 5.41) is 6.85. The van der Waals surface area contributed by atoms with Gasteiger partial charge < -0.3 is 19.3 Å². The monoisotopic (exact) mass is 429 g/mol. The standard InChI is InChI=1S/C25H23N3O4/c1-30-22-9-5-8-19(16-22)25-27-24(32-28-25)15-14-23(29)26-20-10-12-21(13-11-20)31-17-18-6-3-2-4-7-18/h2-13,16H,14-15,17H2,1H3,(H,26,29). The molecule has 0 saturated carbocycles. The lowest BCUT2D eigenvalue weighted by Crippen LogP contribution is -2.12. The number of hydrogen-bond donors (Lipinski definition) is 1. The number of methoxy groups -OCH3 is 1. The van der Waals surface area contributed by atoms with Crippen LogP contribution in [0.2, 0.25) is 0 Å². The minimum Gasteiger partial charge on any atom is -0.497 e. The van der Waals surface area contributed by atoms with Crippen LogP contribution in [0, 0.1) is 0 Å². The molecule has 0 bridgehead atoms. The molecule has 0 unspecified atom stereocenters. The van der Waals surface area contributed by atoms with Crippen molar-refractivity contribution in [3.8, 4) is 22.9 Å². The molecule has 1 heterocycles. The number of rotatable bonds is 9. The van der Waals surface area contributed by atoms with E-state index in [0.717, 1.165) is 16.9 Å². The second-order valence-electron chi connectivity index (χ2n) is 7.09. The summed E-state index contributed by atoms with van der Waals surface area (Å²) in [5.41, 5.74) is 2.59. The van der Waals surface area contributed by atoms with Crippen molar-refractivity contribution in [3.05, 3.63) is 90.3 Å². The predicted octanol–water partition coefficient (Wildman–Crippen LogP) is 4.90. The molecule has 0 fully saturated rings. The van der Waals surface area contributed by atoms with Crippen molar-refractivity contribution >= 4 is 11.6 Å². The fourth-order valence-corrected chi connectivity index (χ4v) is 3.06. The average Bonchev–Trinajstić information content (AvgIpc) is 3.32. The first-order valence-electron chi connectivity index (χ1n) is 10.2. The Morgan fingerprint density at radius 1 is 0.969 bits per heavy atom. The molecule has 0 spiro atoms. The number of nitrogens with one attached hydrogen (secondary N) is 1. The smallest absolute Gasteiger partial charge is 0.227 e. The maximum absolute atomic E-state index is 12.3. The Balaban J connectivity index is 1.25. The largest absolute Gasteiger partial charge is 0.497 e. The third kappa shape index (κ3) is 5.72. The number of hydrogen-bond acceptors (Lipinski definition) is 6. The quantitative estimate of drug-likeness (QED) is 0.407. The highest BCUT2D eigenvalue weighted by molar-refractivity contribution is 5.90. The summed E-state index contributed by atoms with van der Waals surface area (Å²) in [7, 11) is 1.60. The van der Waals surface area contributed by atoms with Gasteiger partial charge in [0.1, 0.15) is 18.1 Å². The lowest BCUT2D eigenvalue weighted by Gasteiger charge is -2.08. The molecule has 0 radical (unpaired) electrons. The summed E-state index contributed by atoms with van der Waals surface area (Å²) in [6, 6.07) is 24.6. The van der Waals surface area contributed by atoms with E-state index >= 15 is 0 Å². The van der Waals surface area contributed by atoms with Gasteiger partial charge in [0.05, 0.1) is 7.11 Å². The molecule has 3 aromatic carbocycles. The van der Waals surface area contributed by atoms with Gasteiger partial charge in [0.2, 0.25) is 17.6 Å². The van der Waals surface area contributed by atoms with Crippen molar-refractivity contribution in [3.63, 3.8) is 0 Å². The first-order chi connectivity index (χ1) is 15.7. The Morgan fingerprint density at radius 2 is 1.78 bits per heavy atom. The van der Waals surface area contributed by atoms with Gasteiger partial charge in [-0.3, -0.25) is 4.79 Å². The van der Waals surface area contributed by atoms with Gasteiger partial charge in [0.15, 0.2) is 0 Å². The zero-order chi connectivity index (χ0) is 22.2. The normalized spacial score (nSPS) is 10.5. The minimum atomic E-state index is -0.135. The van der Waals surface area contributed by atoms with E-state index in [0.29, 0.717) is 36.2 Å². The van der Waals surface area contributed by atoms with Gasteiger partial charge >= 0.3 is 0 Å². The molecule has 0 aliphatic heterocycles. The zero-order valence-electron chi connectivity index (χ0n) is 17.7. The van der Waals surface area contributed by atoms with Crippen LogP contribution in [-0.4, -0.2) is 23.2 Å². The van der Waals surface area contributed by atoms with Gasteiger partial charge in [0.25, 0.3) is 0 Å². The van der Waals surface area contributed by atoms with Crippen molar-refractivity contribution in [1.29, 1.82) is 0 Å². The molecule has 4 aromatic rings. The molecule has 0 aliphatic rings. The Morgan fingerprint density at radius 3 is 2.56 bits per heavy atom. The van der Waals surface area contributed by atoms with Crippen molar-refractivity contribution in [1.82, 2.24) is 10.1 Å². The van der Waals surface area contributed by atoms with Gasteiger partial charge in [-0.15, -0.1) is 0 Å². The maximum Gasteiger partial charge on any atom is 0.227 e. The molecule has 7 heteroatoms. The van der Waals surface area contributed by atoms with Gasteiger partial charge in [-0.1, -0.05) is 47.6 Å². The third-order valence-corrected chi connectivity index (χ3v) is 4.75. The highest BCUT2D eigenvalue weighted by Gasteiger charge is 2.11. The summed E-state index contributed by atoms with van der Waals surface area (Å²) < 4.78 is 16.2. The van der Waals surface area contributed by atoms with E-state index in [9.17, 15) is 4.79 Å². The topological polar surface area (TPSA) is 86.5 Å². The molecule has 0 atom stereocenters. The molecule has 1 aromatic heterocycles. The number of carbonyl (C=O) groups is 1. The van der Waals surface area contributed by atoms with E-state index in [-0.39, 0.29) is 12.3 Å². The summed E-state index contributed by atoms with van der Waals surface area (Å²) in [6.45, 7) is 0.495. The predicted molar refractivity (Wildman–Crippen MR) is 120 cm³/mol. The molecule has 32 heavy (non-hydrogen) atoms. The highest BCUT2D eigenvalue weighted by Crippen LogP contribution is 2.22. The van der Waals surface area contributed by atoms with Gasteiger partial charge in [-0.2, -0.15) is 4.98 Å². The lowest BCUT2D eigenvalue weighted by atomic mass is 10.2. The van der Waals surface area contributed by atoms with Crippen LogP contribution >= 0.6 is 0 Å². The van der Waals surface area contributed by atoms with Crippen LogP contribution in [0.15, 0.2) is 83.4 Å². The van der Waals surface area contributed by atoms with E-state index in [1.54, 1.807) is 7.11 Å². The minimum absolute atomic E-state index is 0.135. The molecule has 4 rings (SSSR count). The fraction of sp³-hybridized carbons (Fsp3) is 0.160. The van der Waals surface area contributed by atoms with Crippen LogP contribution < -0.4 is 14.8 Å². The van der Waals surface area contributed by atoms with E-state index in [4.69, 9.17) is 14.0 Å².